The van der Waals surface area contributed by atoms with Crippen molar-refractivity contribution in [2.75, 3.05) is 24.6 Å². The topological polar surface area (TPSA) is 23.5 Å². The van der Waals surface area contributed by atoms with Crippen LogP contribution >= 0.6 is 11.8 Å². The first-order chi connectivity index (χ1) is 7.79. The van der Waals surface area contributed by atoms with Crippen LogP contribution in [-0.4, -0.2) is 40.6 Å². The fourth-order valence-electron chi connectivity index (χ4n) is 2.11. The number of aliphatic hydroxyl groups excluding tert-OH is 1. The molecular weight excluding hydrogens is 218 g/mol. The Balaban J connectivity index is 2.00. The van der Waals surface area contributed by atoms with Gasteiger partial charge in [-0.15, -0.1) is 0 Å². The Labute approximate surface area is 102 Å². The number of benzene rings is 1. The van der Waals surface area contributed by atoms with E-state index >= 15 is 0 Å². The van der Waals surface area contributed by atoms with E-state index in [1.165, 1.54) is 11.5 Å². The Bertz CT molecular complexity index is 311. The average molecular weight is 237 g/mol. The molecule has 2 rings (SSSR count). The van der Waals surface area contributed by atoms with Gasteiger partial charge in [0.1, 0.15) is 0 Å². The van der Waals surface area contributed by atoms with Gasteiger partial charge in [-0.2, -0.15) is 11.8 Å². The summed E-state index contributed by atoms with van der Waals surface area (Å²) in [7, 11) is 0. The molecule has 0 aliphatic carbocycles. The third-order valence-electron chi connectivity index (χ3n) is 3.22. The highest BCUT2D eigenvalue weighted by Crippen LogP contribution is 2.22. The number of rotatable bonds is 3. The lowest BCUT2D eigenvalue weighted by atomic mass is 10.0. The van der Waals surface area contributed by atoms with Crippen LogP contribution in [0, 0.1) is 0 Å². The predicted molar refractivity (Wildman–Crippen MR) is 69.8 cm³/mol. The van der Waals surface area contributed by atoms with Gasteiger partial charge < -0.3 is 5.11 Å². The van der Waals surface area contributed by atoms with Crippen molar-refractivity contribution < 1.29 is 5.11 Å². The highest BCUT2D eigenvalue weighted by atomic mass is 32.2. The van der Waals surface area contributed by atoms with Crippen molar-refractivity contribution in [2.45, 2.75) is 19.1 Å². The maximum absolute atomic E-state index is 10.3. The summed E-state index contributed by atoms with van der Waals surface area (Å²) in [6.45, 7) is 4.30. The highest BCUT2D eigenvalue weighted by molar-refractivity contribution is 7.99. The van der Waals surface area contributed by atoms with Gasteiger partial charge in [-0.1, -0.05) is 30.3 Å². The van der Waals surface area contributed by atoms with E-state index < -0.39 is 0 Å². The molecule has 0 saturated carbocycles. The van der Waals surface area contributed by atoms with Gasteiger partial charge in [0.2, 0.25) is 0 Å². The molecule has 88 valence electrons. The molecule has 0 bridgehead atoms. The van der Waals surface area contributed by atoms with Crippen LogP contribution in [0.5, 0.6) is 0 Å². The quantitative estimate of drug-likeness (QED) is 0.871. The van der Waals surface area contributed by atoms with Crippen molar-refractivity contribution in [1.82, 2.24) is 4.90 Å². The summed E-state index contributed by atoms with van der Waals surface area (Å²) in [6, 6.07) is 10.2. The van der Waals surface area contributed by atoms with E-state index in [4.69, 9.17) is 0 Å². The zero-order valence-corrected chi connectivity index (χ0v) is 10.5. The molecule has 1 fully saturated rings. The summed E-state index contributed by atoms with van der Waals surface area (Å²) in [6.07, 6.45) is -0.371. The van der Waals surface area contributed by atoms with Crippen molar-refractivity contribution in [3.05, 3.63) is 35.9 Å². The number of aliphatic hydroxyl groups is 1. The van der Waals surface area contributed by atoms with Gasteiger partial charge in [-0.3, -0.25) is 4.90 Å². The van der Waals surface area contributed by atoms with E-state index in [1.54, 1.807) is 0 Å². The summed E-state index contributed by atoms with van der Waals surface area (Å²) >= 11 is 2.00. The molecule has 1 heterocycles. The molecule has 0 unspecified atom stereocenters. The molecular formula is C13H19NOS. The van der Waals surface area contributed by atoms with E-state index in [2.05, 4.69) is 11.8 Å². The fourth-order valence-corrected chi connectivity index (χ4v) is 3.04. The molecule has 0 spiro atoms. The number of hydrogen-bond acceptors (Lipinski definition) is 3. The van der Waals surface area contributed by atoms with Crippen molar-refractivity contribution in [3.63, 3.8) is 0 Å². The Morgan fingerprint density at radius 1 is 1.19 bits per heavy atom. The minimum atomic E-state index is -0.371. The van der Waals surface area contributed by atoms with E-state index in [9.17, 15) is 5.11 Å². The molecule has 1 saturated heterocycles. The predicted octanol–water partition coefficient (Wildman–Crippen LogP) is 2.16. The first kappa shape index (κ1) is 12.0. The minimum Gasteiger partial charge on any atom is -0.387 e. The molecule has 16 heavy (non-hydrogen) atoms. The van der Waals surface area contributed by atoms with Gasteiger partial charge >= 0.3 is 0 Å². The summed E-state index contributed by atoms with van der Waals surface area (Å²) in [4.78, 5) is 2.38. The second-order valence-electron chi connectivity index (χ2n) is 4.24. The highest BCUT2D eigenvalue weighted by Gasteiger charge is 2.24. The summed E-state index contributed by atoms with van der Waals surface area (Å²) < 4.78 is 0. The van der Waals surface area contributed by atoms with E-state index in [-0.39, 0.29) is 12.1 Å². The third-order valence-corrected chi connectivity index (χ3v) is 4.16. The maximum Gasteiger partial charge on any atom is 0.0942 e. The first-order valence-electron chi connectivity index (χ1n) is 5.84. The Kier molecular flexibility index (Phi) is 4.27. The zero-order valence-electron chi connectivity index (χ0n) is 9.67. The molecule has 3 heteroatoms. The molecule has 0 aromatic heterocycles. The molecule has 0 amide bonds. The van der Waals surface area contributed by atoms with Gasteiger partial charge in [0.05, 0.1) is 6.10 Å². The van der Waals surface area contributed by atoms with Crippen molar-refractivity contribution in [1.29, 1.82) is 0 Å². The summed E-state index contributed by atoms with van der Waals surface area (Å²) in [5, 5.41) is 10.3. The van der Waals surface area contributed by atoms with Crippen LogP contribution in [0.1, 0.15) is 18.6 Å². The van der Waals surface area contributed by atoms with E-state index in [0.717, 1.165) is 18.7 Å². The van der Waals surface area contributed by atoms with Gasteiger partial charge in [-0.25, -0.2) is 0 Å². The first-order valence-corrected chi connectivity index (χ1v) is 6.99. The summed E-state index contributed by atoms with van der Waals surface area (Å²) in [5.41, 5.74) is 1.02. The molecule has 2 atom stereocenters. The SMILES string of the molecule is C[C@H]([C@@H](O)c1ccccc1)N1CCSCC1. The van der Waals surface area contributed by atoms with Crippen LogP contribution in [0.2, 0.25) is 0 Å². The normalized spacial score (nSPS) is 21.6. The van der Waals surface area contributed by atoms with E-state index in [0.29, 0.717) is 0 Å². The van der Waals surface area contributed by atoms with Crippen molar-refractivity contribution in [3.8, 4) is 0 Å². The van der Waals surface area contributed by atoms with Crippen LogP contribution in [0.3, 0.4) is 0 Å². The second-order valence-corrected chi connectivity index (χ2v) is 5.47. The van der Waals surface area contributed by atoms with Gasteiger partial charge in [0, 0.05) is 30.6 Å². The molecule has 1 aliphatic heterocycles. The van der Waals surface area contributed by atoms with Gasteiger partial charge in [-0.05, 0) is 12.5 Å². The molecule has 1 aromatic rings. The number of nitrogens with zero attached hydrogens (tertiary/aromatic N) is 1. The second kappa shape index (κ2) is 5.71. The van der Waals surface area contributed by atoms with Crippen LogP contribution in [-0.2, 0) is 0 Å². The lowest BCUT2D eigenvalue weighted by Gasteiger charge is -2.34. The minimum absolute atomic E-state index is 0.211. The lowest BCUT2D eigenvalue weighted by Crippen LogP contribution is -2.42. The monoisotopic (exact) mass is 237 g/mol. The molecule has 1 aromatic carbocycles. The van der Waals surface area contributed by atoms with Crippen LogP contribution < -0.4 is 0 Å². The largest absolute Gasteiger partial charge is 0.387 e. The molecule has 0 radical (unpaired) electrons. The maximum atomic E-state index is 10.3. The zero-order chi connectivity index (χ0) is 11.4. The van der Waals surface area contributed by atoms with Gasteiger partial charge in [0.25, 0.3) is 0 Å². The average Bonchev–Trinajstić information content (AvgIpc) is 2.39. The fraction of sp³-hybridized carbons (Fsp3) is 0.538. The van der Waals surface area contributed by atoms with E-state index in [1.807, 2.05) is 42.1 Å². The Morgan fingerprint density at radius 3 is 2.44 bits per heavy atom. The standard InChI is InChI=1S/C13H19NOS/c1-11(14-7-9-16-10-8-14)13(15)12-5-3-2-4-6-12/h2-6,11,13,15H,7-10H2,1H3/t11-,13-/m1/s1. The lowest BCUT2D eigenvalue weighted by molar-refractivity contribution is 0.0636. The third kappa shape index (κ3) is 2.78. The van der Waals surface area contributed by atoms with Crippen molar-refractivity contribution in [2.24, 2.45) is 0 Å². The van der Waals surface area contributed by atoms with Crippen LogP contribution in [0.15, 0.2) is 30.3 Å². The van der Waals surface area contributed by atoms with Crippen LogP contribution in [0.4, 0.5) is 0 Å². The smallest absolute Gasteiger partial charge is 0.0942 e. The Hall–Kier alpha value is -0.510. The van der Waals surface area contributed by atoms with Crippen molar-refractivity contribution >= 4 is 11.8 Å². The molecule has 1 N–H and O–H groups in total. The van der Waals surface area contributed by atoms with Crippen LogP contribution in [0.25, 0.3) is 0 Å². The molecule has 1 aliphatic rings. The summed E-state index contributed by atoms with van der Waals surface area (Å²) in [5.74, 6) is 2.37. The molecule has 2 nitrogen and oxygen atoms in total. The number of thioether (sulfide) groups is 1. The van der Waals surface area contributed by atoms with Gasteiger partial charge in [0.15, 0.2) is 0 Å². The number of hydrogen-bond donors (Lipinski definition) is 1. The Morgan fingerprint density at radius 2 is 1.81 bits per heavy atom.